The minimum atomic E-state index is -4.59. The normalized spacial score (nSPS) is 13.2. The summed E-state index contributed by atoms with van der Waals surface area (Å²) in [4.78, 5) is 11.5. The van der Waals surface area contributed by atoms with Crippen molar-refractivity contribution in [1.29, 1.82) is 0 Å². The van der Waals surface area contributed by atoms with Crippen molar-refractivity contribution in [1.82, 2.24) is 0 Å². The summed E-state index contributed by atoms with van der Waals surface area (Å²) in [5, 5.41) is 2.09. The van der Waals surface area contributed by atoms with Gasteiger partial charge >= 0.3 is 6.18 Å². The first-order valence-electron chi connectivity index (χ1n) is 5.66. The highest BCUT2D eigenvalue weighted by atomic mass is 19.4. The Hall–Kier alpha value is -1.63. The van der Waals surface area contributed by atoms with E-state index in [4.69, 9.17) is 5.73 Å². The Morgan fingerprint density at radius 2 is 2.05 bits per heavy atom. The summed E-state index contributed by atoms with van der Waals surface area (Å²) >= 11 is 0. The number of nitrogens with one attached hydrogen (secondary N) is 1. The predicted molar refractivity (Wildman–Crippen MR) is 62.9 cm³/mol. The van der Waals surface area contributed by atoms with Gasteiger partial charge in [-0.25, -0.2) is 4.39 Å². The van der Waals surface area contributed by atoms with Crippen LogP contribution < -0.4 is 11.1 Å². The average molecular weight is 278 g/mol. The molecule has 1 amide bonds. The van der Waals surface area contributed by atoms with Crippen molar-refractivity contribution in [3.8, 4) is 0 Å². The van der Waals surface area contributed by atoms with E-state index >= 15 is 0 Å². The Morgan fingerprint density at radius 3 is 2.58 bits per heavy atom. The third-order valence-corrected chi connectivity index (χ3v) is 2.54. The molecule has 1 aromatic carbocycles. The van der Waals surface area contributed by atoms with Gasteiger partial charge in [0.2, 0.25) is 5.91 Å². The molecule has 0 radical (unpaired) electrons. The van der Waals surface area contributed by atoms with Gasteiger partial charge in [-0.05, 0) is 24.6 Å². The third kappa shape index (κ3) is 4.51. The van der Waals surface area contributed by atoms with E-state index in [1.165, 1.54) is 0 Å². The highest BCUT2D eigenvalue weighted by Crippen LogP contribution is 2.31. The molecule has 0 saturated carbocycles. The van der Waals surface area contributed by atoms with Crippen molar-refractivity contribution < 1.29 is 22.4 Å². The number of nitrogens with two attached hydrogens (primary N) is 1. The first-order chi connectivity index (χ1) is 8.74. The van der Waals surface area contributed by atoms with Gasteiger partial charge in [-0.3, -0.25) is 4.79 Å². The molecule has 1 rings (SSSR count). The molecule has 19 heavy (non-hydrogen) atoms. The molecule has 3 nitrogen and oxygen atoms in total. The van der Waals surface area contributed by atoms with Gasteiger partial charge in [-0.2, -0.15) is 13.2 Å². The van der Waals surface area contributed by atoms with E-state index in [0.29, 0.717) is 24.6 Å². The monoisotopic (exact) mass is 278 g/mol. The SMILES string of the molecule is CCC(N)CC(=O)Nc1cc(C(F)(F)F)ccc1F. The molecule has 3 N–H and O–H groups in total. The Labute approximate surface area is 107 Å². The van der Waals surface area contributed by atoms with E-state index in [1.807, 2.05) is 0 Å². The molecule has 0 aromatic heterocycles. The topological polar surface area (TPSA) is 55.1 Å². The molecular formula is C12H14F4N2O. The lowest BCUT2D eigenvalue weighted by atomic mass is 10.1. The van der Waals surface area contributed by atoms with E-state index in [9.17, 15) is 22.4 Å². The number of amides is 1. The predicted octanol–water partition coefficient (Wildman–Crippen LogP) is 2.91. The summed E-state index contributed by atoms with van der Waals surface area (Å²) < 4.78 is 50.7. The molecular weight excluding hydrogens is 264 g/mol. The van der Waals surface area contributed by atoms with Crippen molar-refractivity contribution in [3.63, 3.8) is 0 Å². The molecule has 0 bridgehead atoms. The fourth-order valence-electron chi connectivity index (χ4n) is 1.38. The zero-order chi connectivity index (χ0) is 14.6. The second-order valence-electron chi connectivity index (χ2n) is 4.11. The van der Waals surface area contributed by atoms with Crippen LogP contribution in [0.25, 0.3) is 0 Å². The van der Waals surface area contributed by atoms with E-state index in [2.05, 4.69) is 5.32 Å². The van der Waals surface area contributed by atoms with Crippen molar-refractivity contribution in [2.45, 2.75) is 32.0 Å². The molecule has 106 valence electrons. The number of benzene rings is 1. The molecule has 0 heterocycles. The van der Waals surface area contributed by atoms with E-state index < -0.39 is 35.2 Å². The van der Waals surface area contributed by atoms with Crippen LogP contribution in [0, 0.1) is 5.82 Å². The quantitative estimate of drug-likeness (QED) is 0.832. The highest BCUT2D eigenvalue weighted by molar-refractivity contribution is 5.91. The summed E-state index contributed by atoms with van der Waals surface area (Å²) in [7, 11) is 0. The Kier molecular flexibility index (Phi) is 4.88. The molecule has 0 aliphatic heterocycles. The van der Waals surface area contributed by atoms with Crippen LogP contribution in [0.5, 0.6) is 0 Å². The van der Waals surface area contributed by atoms with Crippen LogP contribution in [0.3, 0.4) is 0 Å². The highest BCUT2D eigenvalue weighted by Gasteiger charge is 2.31. The maximum Gasteiger partial charge on any atom is 0.416 e. The lowest BCUT2D eigenvalue weighted by Gasteiger charge is -2.12. The molecule has 0 aliphatic rings. The fourth-order valence-corrected chi connectivity index (χ4v) is 1.38. The second-order valence-corrected chi connectivity index (χ2v) is 4.11. The molecule has 1 unspecified atom stereocenters. The van der Waals surface area contributed by atoms with E-state index in [-0.39, 0.29) is 6.42 Å². The van der Waals surface area contributed by atoms with Crippen LogP contribution in [-0.2, 0) is 11.0 Å². The Morgan fingerprint density at radius 1 is 1.42 bits per heavy atom. The zero-order valence-corrected chi connectivity index (χ0v) is 10.2. The van der Waals surface area contributed by atoms with Crippen molar-refractivity contribution in [2.75, 3.05) is 5.32 Å². The van der Waals surface area contributed by atoms with Gasteiger partial charge in [-0.1, -0.05) is 6.92 Å². The minimum absolute atomic E-state index is 0.0772. The van der Waals surface area contributed by atoms with Gasteiger partial charge in [0, 0.05) is 12.5 Å². The zero-order valence-electron chi connectivity index (χ0n) is 10.2. The van der Waals surface area contributed by atoms with Crippen LogP contribution in [0.2, 0.25) is 0 Å². The van der Waals surface area contributed by atoms with Crippen LogP contribution >= 0.6 is 0 Å². The lowest BCUT2D eigenvalue weighted by Crippen LogP contribution is -2.26. The smallest absolute Gasteiger partial charge is 0.327 e. The maximum atomic E-state index is 13.3. The summed E-state index contributed by atoms with van der Waals surface area (Å²) in [5.74, 6) is -1.54. The number of rotatable bonds is 4. The third-order valence-electron chi connectivity index (χ3n) is 2.54. The Bertz CT molecular complexity index is 460. The van der Waals surface area contributed by atoms with Gasteiger partial charge in [-0.15, -0.1) is 0 Å². The molecule has 1 atom stereocenters. The van der Waals surface area contributed by atoms with Crippen molar-refractivity contribution in [2.24, 2.45) is 5.73 Å². The lowest BCUT2D eigenvalue weighted by molar-refractivity contribution is -0.137. The van der Waals surface area contributed by atoms with Gasteiger partial charge in [0.1, 0.15) is 5.82 Å². The first kappa shape index (κ1) is 15.4. The summed E-state index contributed by atoms with van der Waals surface area (Å²) in [5.41, 5.74) is 4.01. The van der Waals surface area contributed by atoms with E-state index in [0.717, 1.165) is 0 Å². The molecule has 7 heteroatoms. The molecule has 0 aliphatic carbocycles. The minimum Gasteiger partial charge on any atom is -0.327 e. The second kappa shape index (κ2) is 6.01. The number of alkyl halides is 3. The summed E-state index contributed by atoms with van der Waals surface area (Å²) in [6, 6.07) is 1.43. The van der Waals surface area contributed by atoms with Crippen LogP contribution in [0.1, 0.15) is 25.3 Å². The van der Waals surface area contributed by atoms with Crippen molar-refractivity contribution in [3.05, 3.63) is 29.6 Å². The van der Waals surface area contributed by atoms with Crippen LogP contribution in [-0.4, -0.2) is 11.9 Å². The number of halogens is 4. The number of hydrogen-bond donors (Lipinski definition) is 2. The first-order valence-corrected chi connectivity index (χ1v) is 5.66. The Balaban J connectivity index is 2.86. The van der Waals surface area contributed by atoms with Gasteiger partial charge in [0.05, 0.1) is 11.3 Å². The largest absolute Gasteiger partial charge is 0.416 e. The number of hydrogen-bond acceptors (Lipinski definition) is 2. The average Bonchev–Trinajstić information content (AvgIpc) is 2.30. The summed E-state index contributed by atoms with van der Waals surface area (Å²) in [6.45, 7) is 1.77. The molecule has 0 saturated heterocycles. The molecule has 0 fully saturated rings. The maximum absolute atomic E-state index is 13.3. The fraction of sp³-hybridized carbons (Fsp3) is 0.417. The number of carbonyl (C=O) groups excluding carboxylic acids is 1. The standard InChI is InChI=1S/C12H14F4N2O/c1-2-8(17)6-11(19)18-10-5-7(12(14,15)16)3-4-9(10)13/h3-5,8H,2,6,17H2,1H3,(H,18,19). The van der Waals surface area contributed by atoms with Crippen LogP contribution in [0.15, 0.2) is 18.2 Å². The van der Waals surface area contributed by atoms with E-state index in [1.54, 1.807) is 6.92 Å². The van der Waals surface area contributed by atoms with Gasteiger partial charge in [0.15, 0.2) is 0 Å². The van der Waals surface area contributed by atoms with Gasteiger partial charge < -0.3 is 11.1 Å². The van der Waals surface area contributed by atoms with Crippen LogP contribution in [0.4, 0.5) is 23.2 Å². The number of anilines is 1. The number of carbonyl (C=O) groups is 1. The summed E-state index contributed by atoms with van der Waals surface area (Å²) in [6.07, 6.45) is -4.13. The molecule has 0 spiro atoms. The molecule has 1 aromatic rings. The van der Waals surface area contributed by atoms with Crippen molar-refractivity contribution >= 4 is 11.6 Å². The van der Waals surface area contributed by atoms with Gasteiger partial charge in [0.25, 0.3) is 0 Å².